The molecular formula is C21H29FN2O4S. The third kappa shape index (κ3) is 4.58. The molecule has 0 bridgehead atoms. The second-order valence-corrected chi connectivity index (χ2v) is 11.0. The van der Waals surface area contributed by atoms with Crippen LogP contribution in [0.5, 0.6) is 5.75 Å². The van der Waals surface area contributed by atoms with Crippen LogP contribution in [-0.4, -0.2) is 37.8 Å². The number of nitrogens with one attached hydrogen (secondary N) is 1. The summed E-state index contributed by atoms with van der Waals surface area (Å²) in [7, 11) is -3.92. The molecule has 1 heterocycles. The van der Waals surface area contributed by atoms with Crippen molar-refractivity contribution in [3.63, 3.8) is 0 Å². The quantitative estimate of drug-likeness (QED) is 0.755. The molecular weight excluding hydrogens is 395 g/mol. The molecule has 1 N–H and O–H groups in total. The van der Waals surface area contributed by atoms with Crippen molar-refractivity contribution in [1.82, 2.24) is 9.03 Å². The Balaban J connectivity index is 1.55. The first-order chi connectivity index (χ1) is 13.6. The maximum Gasteiger partial charge on any atom is 0.304 e. The number of benzene rings is 1. The van der Waals surface area contributed by atoms with E-state index in [0.29, 0.717) is 18.8 Å². The van der Waals surface area contributed by atoms with Crippen LogP contribution in [0.3, 0.4) is 0 Å². The fourth-order valence-electron chi connectivity index (χ4n) is 4.23. The molecule has 1 aromatic rings. The second kappa shape index (κ2) is 7.54. The molecule has 29 heavy (non-hydrogen) atoms. The lowest BCUT2D eigenvalue weighted by Crippen LogP contribution is -2.49. The van der Waals surface area contributed by atoms with Crippen LogP contribution in [0, 0.1) is 11.2 Å². The van der Waals surface area contributed by atoms with Crippen LogP contribution < -0.4 is 9.46 Å². The van der Waals surface area contributed by atoms with Gasteiger partial charge in [0, 0.05) is 19.2 Å². The number of hydrogen-bond donors (Lipinski definition) is 1. The Morgan fingerprint density at radius 2 is 1.93 bits per heavy atom. The van der Waals surface area contributed by atoms with Crippen LogP contribution in [0.15, 0.2) is 12.1 Å². The molecule has 1 saturated heterocycles. The molecule has 3 aliphatic rings. The predicted octanol–water partition coefficient (Wildman–Crippen LogP) is 3.73. The molecule has 1 amide bonds. The molecule has 1 unspecified atom stereocenters. The van der Waals surface area contributed by atoms with Gasteiger partial charge >= 0.3 is 10.2 Å². The van der Waals surface area contributed by atoms with Crippen LogP contribution in [0.25, 0.3) is 0 Å². The van der Waals surface area contributed by atoms with Crippen molar-refractivity contribution < 1.29 is 22.3 Å². The average molecular weight is 425 g/mol. The molecule has 3 fully saturated rings. The van der Waals surface area contributed by atoms with E-state index in [2.05, 4.69) is 13.8 Å². The molecule has 1 aromatic carbocycles. The summed E-state index contributed by atoms with van der Waals surface area (Å²) >= 11 is 0. The van der Waals surface area contributed by atoms with Crippen molar-refractivity contribution in [3.05, 3.63) is 29.1 Å². The van der Waals surface area contributed by atoms with Crippen molar-refractivity contribution in [2.24, 2.45) is 5.41 Å². The van der Waals surface area contributed by atoms with Gasteiger partial charge in [-0.2, -0.15) is 12.7 Å². The van der Waals surface area contributed by atoms with E-state index in [1.165, 1.54) is 16.4 Å². The van der Waals surface area contributed by atoms with E-state index in [-0.39, 0.29) is 23.0 Å². The van der Waals surface area contributed by atoms with Crippen LogP contribution in [0.2, 0.25) is 0 Å². The van der Waals surface area contributed by atoms with E-state index in [1.54, 1.807) is 0 Å². The van der Waals surface area contributed by atoms with Gasteiger partial charge in [0.2, 0.25) is 0 Å². The highest BCUT2D eigenvalue weighted by molar-refractivity contribution is 7.87. The van der Waals surface area contributed by atoms with Gasteiger partial charge < -0.3 is 4.74 Å². The molecule has 4 rings (SSSR count). The van der Waals surface area contributed by atoms with Crippen LogP contribution in [0.1, 0.15) is 80.6 Å². The van der Waals surface area contributed by atoms with Gasteiger partial charge in [0.1, 0.15) is 11.6 Å². The molecule has 1 atom stereocenters. The number of carbonyl (C=O) groups is 1. The van der Waals surface area contributed by atoms with Gasteiger partial charge in [-0.25, -0.2) is 9.11 Å². The van der Waals surface area contributed by atoms with Crippen molar-refractivity contribution in [2.45, 2.75) is 70.8 Å². The smallest absolute Gasteiger partial charge is 0.304 e. The number of hydrogen-bond acceptors (Lipinski definition) is 4. The first-order valence-corrected chi connectivity index (χ1v) is 11.9. The first-order valence-electron chi connectivity index (χ1n) is 10.5. The molecule has 0 radical (unpaired) electrons. The zero-order chi connectivity index (χ0) is 20.8. The van der Waals surface area contributed by atoms with Gasteiger partial charge in [-0.3, -0.25) is 4.79 Å². The summed E-state index contributed by atoms with van der Waals surface area (Å²) < 4.78 is 48.5. The summed E-state index contributed by atoms with van der Waals surface area (Å²) in [6.07, 6.45) is 6.80. The monoisotopic (exact) mass is 424 g/mol. The highest BCUT2D eigenvalue weighted by Gasteiger charge is 2.34. The van der Waals surface area contributed by atoms with E-state index in [4.69, 9.17) is 4.74 Å². The number of amides is 1. The van der Waals surface area contributed by atoms with Crippen molar-refractivity contribution >= 4 is 16.1 Å². The Morgan fingerprint density at radius 1 is 1.21 bits per heavy atom. The summed E-state index contributed by atoms with van der Waals surface area (Å²) in [5.74, 6) is -0.951. The van der Waals surface area contributed by atoms with E-state index >= 15 is 0 Å². The Bertz CT molecular complexity index is 908. The fraction of sp³-hybridized carbons (Fsp3) is 0.667. The second-order valence-electron chi connectivity index (χ2n) is 9.33. The van der Waals surface area contributed by atoms with Gasteiger partial charge in [0.15, 0.2) is 0 Å². The number of carbonyl (C=O) groups excluding carboxylic acids is 1. The van der Waals surface area contributed by atoms with E-state index < -0.39 is 21.9 Å². The lowest BCUT2D eigenvalue weighted by molar-refractivity contribution is 0.0840. The average Bonchev–Trinajstić information content (AvgIpc) is 3.36. The van der Waals surface area contributed by atoms with Gasteiger partial charge in [-0.1, -0.05) is 13.8 Å². The molecule has 0 spiro atoms. The molecule has 8 heteroatoms. The SMILES string of the molecule is CC1(C)CCCC(Oc2cc(F)c(C(=O)NS(=O)(=O)N3CCC3)cc2C2CC2)C1. The van der Waals surface area contributed by atoms with Crippen LogP contribution in [0.4, 0.5) is 4.39 Å². The summed E-state index contributed by atoms with van der Waals surface area (Å²) in [5, 5.41) is 0. The minimum absolute atomic E-state index is 0.0297. The Labute approximate surface area is 172 Å². The Morgan fingerprint density at radius 3 is 2.52 bits per heavy atom. The van der Waals surface area contributed by atoms with Crippen molar-refractivity contribution in [2.75, 3.05) is 13.1 Å². The first kappa shape index (κ1) is 20.6. The minimum atomic E-state index is -3.92. The van der Waals surface area contributed by atoms with Crippen molar-refractivity contribution in [3.8, 4) is 5.75 Å². The third-order valence-electron chi connectivity index (χ3n) is 6.19. The third-order valence-corrected chi connectivity index (χ3v) is 7.68. The highest BCUT2D eigenvalue weighted by atomic mass is 32.2. The van der Waals surface area contributed by atoms with Crippen LogP contribution in [-0.2, 0) is 10.2 Å². The number of nitrogens with zero attached hydrogens (tertiary/aromatic N) is 1. The lowest BCUT2D eigenvalue weighted by atomic mass is 9.76. The summed E-state index contributed by atoms with van der Waals surface area (Å²) in [4.78, 5) is 12.5. The summed E-state index contributed by atoms with van der Waals surface area (Å²) in [6.45, 7) is 5.19. The van der Waals surface area contributed by atoms with E-state index in [1.807, 2.05) is 4.72 Å². The number of ether oxygens (including phenoxy) is 1. The largest absolute Gasteiger partial charge is 0.490 e. The molecule has 2 aliphatic carbocycles. The molecule has 2 saturated carbocycles. The maximum atomic E-state index is 14.8. The topological polar surface area (TPSA) is 75.7 Å². The highest BCUT2D eigenvalue weighted by Crippen LogP contribution is 2.46. The molecule has 6 nitrogen and oxygen atoms in total. The van der Waals surface area contributed by atoms with Gasteiger partial charge in [0.05, 0.1) is 11.7 Å². The maximum absolute atomic E-state index is 14.8. The standard InChI is InChI=1S/C21H29FN2O4S/c1-21(2)8-3-5-15(13-21)28-19-12-18(22)17(11-16(19)14-6-7-14)20(25)23-29(26,27)24-9-4-10-24/h11-12,14-15H,3-10,13H2,1-2H3,(H,23,25). The summed E-state index contributed by atoms with van der Waals surface area (Å²) in [6, 6.07) is 2.75. The van der Waals surface area contributed by atoms with Crippen LogP contribution >= 0.6 is 0 Å². The van der Waals surface area contributed by atoms with E-state index in [0.717, 1.165) is 50.5 Å². The molecule has 1 aliphatic heterocycles. The minimum Gasteiger partial charge on any atom is -0.490 e. The van der Waals surface area contributed by atoms with Gasteiger partial charge in [-0.05, 0) is 67.9 Å². The van der Waals surface area contributed by atoms with Crippen molar-refractivity contribution in [1.29, 1.82) is 0 Å². The fourth-order valence-corrected chi connectivity index (χ4v) is 5.45. The Kier molecular flexibility index (Phi) is 5.36. The summed E-state index contributed by atoms with van der Waals surface area (Å²) in [5.41, 5.74) is 0.764. The zero-order valence-corrected chi connectivity index (χ0v) is 17.9. The normalized spacial score (nSPS) is 24.6. The molecule has 0 aromatic heterocycles. The predicted molar refractivity (Wildman–Crippen MR) is 108 cm³/mol. The van der Waals surface area contributed by atoms with E-state index in [9.17, 15) is 17.6 Å². The Hall–Kier alpha value is -1.67. The van der Waals surface area contributed by atoms with Gasteiger partial charge in [-0.15, -0.1) is 0 Å². The lowest BCUT2D eigenvalue weighted by Gasteiger charge is -2.35. The zero-order valence-electron chi connectivity index (χ0n) is 17.0. The number of halogens is 1. The molecule has 160 valence electrons. The van der Waals surface area contributed by atoms with Gasteiger partial charge in [0.25, 0.3) is 5.91 Å². The number of rotatable bonds is 6.